The van der Waals surface area contributed by atoms with Gasteiger partial charge in [0.25, 0.3) is 6.08 Å². The molecule has 2 aliphatic rings. The Bertz CT molecular complexity index is 620. The zero-order valence-corrected chi connectivity index (χ0v) is 13.3. The van der Waals surface area contributed by atoms with Crippen LogP contribution in [0.5, 0.6) is 0 Å². The number of halogens is 3. The van der Waals surface area contributed by atoms with Crippen molar-refractivity contribution in [2.24, 2.45) is 0 Å². The number of hydrogen-bond donors (Lipinski definition) is 0. The van der Waals surface area contributed by atoms with Crippen molar-refractivity contribution in [2.75, 3.05) is 24.6 Å². The van der Waals surface area contributed by atoms with E-state index in [1.807, 2.05) is 11.0 Å². The summed E-state index contributed by atoms with van der Waals surface area (Å²) < 4.78 is 31.2. The molecule has 0 amide bonds. The lowest BCUT2D eigenvalue weighted by atomic mass is 10.0. The van der Waals surface area contributed by atoms with E-state index < -0.39 is 6.08 Å². The van der Waals surface area contributed by atoms with Gasteiger partial charge < -0.3 is 9.64 Å². The van der Waals surface area contributed by atoms with E-state index in [1.54, 1.807) is 0 Å². The van der Waals surface area contributed by atoms with Crippen LogP contribution >= 0.6 is 22.6 Å². The largest absolute Gasteiger partial charge is 0.367 e. The highest BCUT2D eigenvalue weighted by atomic mass is 127. The van der Waals surface area contributed by atoms with Crippen LogP contribution in [0.1, 0.15) is 28.9 Å². The van der Waals surface area contributed by atoms with Gasteiger partial charge in [-0.25, -0.2) is 4.98 Å². The molecule has 1 saturated heterocycles. The standard InChI is InChI=1S/C14H13F2IN2O2/c15-13(16)8-1-3-19(4-2-8)14-10(17)5-9-11(18-14)6-21-7-12(9)20/h5H,1-4,6-7H2. The summed E-state index contributed by atoms with van der Waals surface area (Å²) in [7, 11) is 0. The molecule has 0 aliphatic carbocycles. The van der Waals surface area contributed by atoms with Gasteiger partial charge in [0.2, 0.25) is 0 Å². The topological polar surface area (TPSA) is 42.4 Å². The average molecular weight is 406 g/mol. The fraction of sp³-hybridized carbons (Fsp3) is 0.429. The Morgan fingerprint density at radius 1 is 1.29 bits per heavy atom. The molecule has 0 spiro atoms. The third-order valence-corrected chi connectivity index (χ3v) is 4.54. The Morgan fingerprint density at radius 2 is 2.00 bits per heavy atom. The molecule has 112 valence electrons. The number of carbonyl (C=O) groups is 1. The van der Waals surface area contributed by atoms with E-state index in [9.17, 15) is 13.6 Å². The summed E-state index contributed by atoms with van der Waals surface area (Å²) in [5.41, 5.74) is 1.49. The maximum atomic E-state index is 12.6. The van der Waals surface area contributed by atoms with E-state index in [0.717, 1.165) is 9.39 Å². The molecule has 7 heteroatoms. The van der Waals surface area contributed by atoms with E-state index in [-0.39, 0.29) is 18.0 Å². The predicted molar refractivity (Wildman–Crippen MR) is 81.6 cm³/mol. The number of nitrogens with zero attached hydrogens (tertiary/aromatic N) is 2. The molecular weight excluding hydrogens is 393 g/mol. The first-order chi connectivity index (χ1) is 10.1. The van der Waals surface area contributed by atoms with Gasteiger partial charge in [0.05, 0.1) is 15.9 Å². The van der Waals surface area contributed by atoms with E-state index in [4.69, 9.17) is 4.74 Å². The van der Waals surface area contributed by atoms with Crippen molar-refractivity contribution in [1.82, 2.24) is 4.98 Å². The zero-order valence-electron chi connectivity index (χ0n) is 11.2. The molecule has 1 aromatic rings. The highest BCUT2D eigenvalue weighted by Crippen LogP contribution is 2.30. The minimum absolute atomic E-state index is 0.0587. The van der Waals surface area contributed by atoms with Crippen LogP contribution in [0.4, 0.5) is 14.6 Å². The number of Topliss-reactive ketones (excluding diaryl/α,β-unsaturated/α-hetero) is 1. The second kappa shape index (κ2) is 5.96. The first-order valence-electron chi connectivity index (χ1n) is 6.64. The van der Waals surface area contributed by atoms with Crippen LogP contribution in [0.25, 0.3) is 0 Å². The van der Waals surface area contributed by atoms with Crippen molar-refractivity contribution >= 4 is 34.2 Å². The molecule has 0 unspecified atom stereocenters. The lowest BCUT2D eigenvalue weighted by molar-refractivity contribution is 0.0655. The highest BCUT2D eigenvalue weighted by Gasteiger charge is 2.25. The third kappa shape index (κ3) is 2.94. The first-order valence-corrected chi connectivity index (χ1v) is 7.72. The van der Waals surface area contributed by atoms with Crippen LogP contribution in [0.2, 0.25) is 0 Å². The predicted octanol–water partition coefficient (Wildman–Crippen LogP) is 3.15. The highest BCUT2D eigenvalue weighted by molar-refractivity contribution is 14.1. The Balaban J connectivity index is 1.87. The molecule has 3 heterocycles. The summed E-state index contributed by atoms with van der Waals surface area (Å²) >= 11 is 2.14. The SMILES string of the molecule is O=C1COCc2nc(N3CCC(=C(F)F)CC3)c(I)cc21. The quantitative estimate of drug-likeness (QED) is 0.673. The number of aromatic nitrogens is 1. The number of anilines is 1. The molecule has 0 N–H and O–H groups in total. The number of piperidine rings is 1. The number of hydrogen-bond acceptors (Lipinski definition) is 4. The zero-order chi connectivity index (χ0) is 15.0. The van der Waals surface area contributed by atoms with E-state index >= 15 is 0 Å². The van der Waals surface area contributed by atoms with Crippen LogP contribution < -0.4 is 4.90 Å². The maximum absolute atomic E-state index is 12.6. The number of ketones is 1. The smallest absolute Gasteiger partial charge is 0.269 e. The average Bonchev–Trinajstić information content (AvgIpc) is 2.48. The Morgan fingerprint density at radius 3 is 2.67 bits per heavy atom. The summed E-state index contributed by atoms with van der Waals surface area (Å²) in [4.78, 5) is 18.3. The molecule has 0 radical (unpaired) electrons. The van der Waals surface area contributed by atoms with Crippen LogP contribution in [-0.2, 0) is 11.3 Å². The summed E-state index contributed by atoms with van der Waals surface area (Å²) in [6.07, 6.45) is -0.846. The van der Waals surface area contributed by atoms with E-state index in [0.29, 0.717) is 43.8 Å². The minimum atomic E-state index is -1.55. The lowest BCUT2D eigenvalue weighted by Crippen LogP contribution is -2.33. The van der Waals surface area contributed by atoms with Crippen molar-refractivity contribution in [3.63, 3.8) is 0 Å². The molecule has 4 nitrogen and oxygen atoms in total. The van der Waals surface area contributed by atoms with Gasteiger partial charge in [-0.05, 0) is 47.1 Å². The Hall–Kier alpha value is -1.09. The van der Waals surface area contributed by atoms with Gasteiger partial charge >= 0.3 is 0 Å². The molecule has 0 aromatic carbocycles. The van der Waals surface area contributed by atoms with Crippen molar-refractivity contribution in [3.8, 4) is 0 Å². The van der Waals surface area contributed by atoms with Crippen molar-refractivity contribution in [1.29, 1.82) is 0 Å². The van der Waals surface area contributed by atoms with Crippen molar-refractivity contribution < 1.29 is 18.3 Å². The summed E-state index contributed by atoms with van der Waals surface area (Å²) in [6.45, 7) is 1.45. The fourth-order valence-corrected chi connectivity index (χ4v) is 3.36. The van der Waals surface area contributed by atoms with Crippen LogP contribution in [0, 0.1) is 3.57 Å². The molecule has 21 heavy (non-hydrogen) atoms. The Labute approximate surface area is 134 Å². The molecular formula is C14H13F2IN2O2. The third-order valence-electron chi connectivity index (χ3n) is 3.74. The van der Waals surface area contributed by atoms with Crippen molar-refractivity contribution in [2.45, 2.75) is 19.4 Å². The molecule has 0 bridgehead atoms. The summed E-state index contributed by atoms with van der Waals surface area (Å²) in [5.74, 6) is 0.697. The first kappa shape index (κ1) is 14.8. The maximum Gasteiger partial charge on any atom is 0.269 e. The number of pyridine rings is 1. The second-order valence-electron chi connectivity index (χ2n) is 5.06. The van der Waals surface area contributed by atoms with E-state index in [1.165, 1.54) is 0 Å². The summed E-state index contributed by atoms with van der Waals surface area (Å²) in [5, 5.41) is 0. The fourth-order valence-electron chi connectivity index (χ4n) is 2.58. The number of fused-ring (bicyclic) bond motifs is 1. The normalized spacial score (nSPS) is 18.7. The van der Waals surface area contributed by atoms with Crippen LogP contribution in [-0.4, -0.2) is 30.5 Å². The monoisotopic (exact) mass is 406 g/mol. The van der Waals surface area contributed by atoms with Crippen LogP contribution in [0.15, 0.2) is 17.7 Å². The molecule has 2 aliphatic heterocycles. The van der Waals surface area contributed by atoms with Gasteiger partial charge in [0, 0.05) is 18.7 Å². The molecule has 0 atom stereocenters. The number of carbonyl (C=O) groups excluding carboxylic acids is 1. The van der Waals surface area contributed by atoms with Gasteiger partial charge in [-0.3, -0.25) is 4.79 Å². The van der Waals surface area contributed by atoms with Crippen LogP contribution in [0.3, 0.4) is 0 Å². The second-order valence-corrected chi connectivity index (χ2v) is 6.22. The van der Waals surface area contributed by atoms with E-state index in [2.05, 4.69) is 27.6 Å². The molecule has 0 saturated carbocycles. The molecule has 1 aromatic heterocycles. The van der Waals surface area contributed by atoms with Gasteiger partial charge in [-0.2, -0.15) is 8.78 Å². The van der Waals surface area contributed by atoms with Crippen molar-refractivity contribution in [3.05, 3.63) is 32.5 Å². The molecule has 3 rings (SSSR count). The number of ether oxygens (including phenoxy) is 1. The number of rotatable bonds is 1. The van der Waals surface area contributed by atoms with Gasteiger partial charge in [0.1, 0.15) is 12.4 Å². The molecule has 1 fully saturated rings. The van der Waals surface area contributed by atoms with Gasteiger partial charge in [-0.1, -0.05) is 0 Å². The van der Waals surface area contributed by atoms with Gasteiger partial charge in [0.15, 0.2) is 5.78 Å². The Kier molecular flexibility index (Phi) is 4.21. The lowest BCUT2D eigenvalue weighted by Gasteiger charge is -2.30. The summed E-state index contributed by atoms with van der Waals surface area (Å²) in [6, 6.07) is 1.82. The minimum Gasteiger partial charge on any atom is -0.367 e. The van der Waals surface area contributed by atoms with Gasteiger partial charge in [-0.15, -0.1) is 0 Å².